The van der Waals surface area contributed by atoms with Crippen molar-refractivity contribution in [2.75, 3.05) is 13.1 Å². The Bertz CT molecular complexity index is 115. The summed E-state index contributed by atoms with van der Waals surface area (Å²) >= 11 is 0. The molecule has 80 valence electrons. The van der Waals surface area contributed by atoms with Crippen LogP contribution in [0.15, 0.2) is 0 Å². The third kappa shape index (κ3) is 8.22. The van der Waals surface area contributed by atoms with Gasteiger partial charge in [-0.25, -0.2) is 0 Å². The molecule has 0 rings (SSSR count). The van der Waals surface area contributed by atoms with Gasteiger partial charge in [-0.3, -0.25) is 0 Å². The Morgan fingerprint density at radius 2 is 1.77 bits per heavy atom. The summed E-state index contributed by atoms with van der Waals surface area (Å²) in [6, 6.07) is 0.800. The normalized spacial score (nSPS) is 18.2. The average Bonchev–Trinajstić information content (AvgIpc) is 2.10. The van der Waals surface area contributed by atoms with Crippen molar-refractivity contribution in [2.45, 2.75) is 45.7 Å². The van der Waals surface area contributed by atoms with E-state index in [1.807, 2.05) is 6.92 Å². The SMILES string of the molecule is CC(N)CNC(C)CCC(C)CN. The Morgan fingerprint density at radius 1 is 1.15 bits per heavy atom. The van der Waals surface area contributed by atoms with Gasteiger partial charge in [0.15, 0.2) is 0 Å². The van der Waals surface area contributed by atoms with E-state index >= 15 is 0 Å². The van der Waals surface area contributed by atoms with Gasteiger partial charge in [0.1, 0.15) is 0 Å². The highest BCUT2D eigenvalue weighted by molar-refractivity contribution is 4.66. The van der Waals surface area contributed by atoms with Crippen LogP contribution in [0.1, 0.15) is 33.6 Å². The summed E-state index contributed by atoms with van der Waals surface area (Å²) in [6.45, 7) is 8.10. The van der Waals surface area contributed by atoms with Crippen LogP contribution in [0.2, 0.25) is 0 Å². The molecule has 0 radical (unpaired) electrons. The van der Waals surface area contributed by atoms with Crippen LogP contribution < -0.4 is 16.8 Å². The molecule has 0 heterocycles. The summed E-state index contributed by atoms with van der Waals surface area (Å²) in [5.41, 5.74) is 11.2. The molecule has 13 heavy (non-hydrogen) atoms. The molecule has 3 heteroatoms. The first kappa shape index (κ1) is 12.9. The maximum atomic E-state index is 5.64. The smallest absolute Gasteiger partial charge is 0.0136 e. The summed E-state index contributed by atoms with van der Waals surface area (Å²) in [7, 11) is 0. The minimum Gasteiger partial charge on any atom is -0.330 e. The summed E-state index contributed by atoms with van der Waals surface area (Å²) in [6.07, 6.45) is 2.38. The van der Waals surface area contributed by atoms with Crippen molar-refractivity contribution >= 4 is 0 Å². The second-order valence-electron chi connectivity index (χ2n) is 4.20. The van der Waals surface area contributed by atoms with E-state index in [0.717, 1.165) is 13.1 Å². The highest BCUT2D eigenvalue weighted by atomic mass is 14.9. The van der Waals surface area contributed by atoms with Gasteiger partial charge in [0.2, 0.25) is 0 Å². The standard InChI is InChI=1S/C10H25N3/c1-8(6-11)4-5-10(3)13-7-9(2)12/h8-10,13H,4-7,11-12H2,1-3H3. The predicted octanol–water partition coefficient (Wildman–Crippen LogP) is 0.687. The van der Waals surface area contributed by atoms with Gasteiger partial charge in [-0.1, -0.05) is 6.92 Å². The van der Waals surface area contributed by atoms with Crippen molar-refractivity contribution in [1.29, 1.82) is 0 Å². The lowest BCUT2D eigenvalue weighted by molar-refractivity contribution is 0.430. The maximum absolute atomic E-state index is 5.64. The van der Waals surface area contributed by atoms with Crippen molar-refractivity contribution in [3.05, 3.63) is 0 Å². The van der Waals surface area contributed by atoms with Gasteiger partial charge in [0.25, 0.3) is 0 Å². The third-order valence-electron chi connectivity index (χ3n) is 2.28. The van der Waals surface area contributed by atoms with Crippen molar-refractivity contribution in [1.82, 2.24) is 5.32 Å². The Hall–Kier alpha value is -0.120. The fourth-order valence-corrected chi connectivity index (χ4v) is 1.14. The molecule has 0 amide bonds. The molecule has 0 bridgehead atoms. The van der Waals surface area contributed by atoms with Crippen molar-refractivity contribution in [3.63, 3.8) is 0 Å². The average molecular weight is 187 g/mol. The number of rotatable bonds is 7. The minimum atomic E-state index is 0.245. The predicted molar refractivity (Wildman–Crippen MR) is 58.6 cm³/mol. The Labute approximate surface area is 82.3 Å². The molecule has 0 aliphatic rings. The first-order valence-corrected chi connectivity index (χ1v) is 5.25. The first-order valence-electron chi connectivity index (χ1n) is 5.25. The van der Waals surface area contributed by atoms with E-state index in [0.29, 0.717) is 12.0 Å². The lowest BCUT2D eigenvalue weighted by atomic mass is 10.0. The van der Waals surface area contributed by atoms with Gasteiger partial charge >= 0.3 is 0 Å². The van der Waals surface area contributed by atoms with Crippen molar-refractivity contribution in [3.8, 4) is 0 Å². The molecule has 0 aromatic carbocycles. The lowest BCUT2D eigenvalue weighted by Crippen LogP contribution is -2.36. The van der Waals surface area contributed by atoms with Crippen LogP contribution in [0.5, 0.6) is 0 Å². The molecule has 0 aromatic heterocycles. The van der Waals surface area contributed by atoms with E-state index in [2.05, 4.69) is 19.2 Å². The van der Waals surface area contributed by atoms with Gasteiger partial charge in [0, 0.05) is 18.6 Å². The van der Waals surface area contributed by atoms with E-state index in [-0.39, 0.29) is 6.04 Å². The molecule has 0 aliphatic carbocycles. The Morgan fingerprint density at radius 3 is 2.23 bits per heavy atom. The largest absolute Gasteiger partial charge is 0.330 e. The van der Waals surface area contributed by atoms with E-state index in [1.54, 1.807) is 0 Å². The number of nitrogens with one attached hydrogen (secondary N) is 1. The molecule has 0 spiro atoms. The molecular formula is C10H25N3. The lowest BCUT2D eigenvalue weighted by Gasteiger charge is -2.17. The summed E-state index contributed by atoms with van der Waals surface area (Å²) < 4.78 is 0. The minimum absolute atomic E-state index is 0.245. The van der Waals surface area contributed by atoms with Crippen molar-refractivity contribution in [2.24, 2.45) is 17.4 Å². The fraction of sp³-hybridized carbons (Fsp3) is 1.00. The molecule has 0 saturated carbocycles. The topological polar surface area (TPSA) is 64.1 Å². The van der Waals surface area contributed by atoms with Gasteiger partial charge in [-0.15, -0.1) is 0 Å². The van der Waals surface area contributed by atoms with Crippen LogP contribution in [0.3, 0.4) is 0 Å². The zero-order valence-corrected chi connectivity index (χ0v) is 9.22. The highest BCUT2D eigenvalue weighted by Gasteiger charge is 2.05. The van der Waals surface area contributed by atoms with E-state index in [1.165, 1.54) is 12.8 Å². The van der Waals surface area contributed by atoms with Gasteiger partial charge in [-0.2, -0.15) is 0 Å². The quantitative estimate of drug-likeness (QED) is 0.549. The van der Waals surface area contributed by atoms with Crippen LogP contribution >= 0.6 is 0 Å². The molecule has 3 nitrogen and oxygen atoms in total. The van der Waals surface area contributed by atoms with E-state index in [9.17, 15) is 0 Å². The zero-order chi connectivity index (χ0) is 10.3. The first-order chi connectivity index (χ1) is 6.06. The molecule has 0 aliphatic heterocycles. The molecule has 0 aromatic rings. The second-order valence-corrected chi connectivity index (χ2v) is 4.20. The summed E-state index contributed by atoms with van der Waals surface area (Å²) in [5, 5.41) is 3.40. The molecule has 3 atom stereocenters. The van der Waals surface area contributed by atoms with Crippen molar-refractivity contribution < 1.29 is 0 Å². The molecule has 0 fully saturated rings. The van der Waals surface area contributed by atoms with Crippen LogP contribution in [0.25, 0.3) is 0 Å². The number of nitrogens with two attached hydrogens (primary N) is 2. The Balaban J connectivity index is 3.34. The van der Waals surface area contributed by atoms with Gasteiger partial charge in [0.05, 0.1) is 0 Å². The molecular weight excluding hydrogens is 162 g/mol. The summed E-state index contributed by atoms with van der Waals surface area (Å²) in [5.74, 6) is 0.638. The molecule has 5 N–H and O–H groups in total. The van der Waals surface area contributed by atoms with Crippen LogP contribution in [-0.2, 0) is 0 Å². The van der Waals surface area contributed by atoms with Crippen LogP contribution in [0.4, 0.5) is 0 Å². The monoisotopic (exact) mass is 187 g/mol. The summed E-state index contributed by atoms with van der Waals surface area (Å²) in [4.78, 5) is 0. The van der Waals surface area contributed by atoms with Crippen LogP contribution in [0, 0.1) is 5.92 Å². The highest BCUT2D eigenvalue weighted by Crippen LogP contribution is 2.05. The molecule has 0 saturated heterocycles. The Kier molecular flexibility index (Phi) is 7.23. The zero-order valence-electron chi connectivity index (χ0n) is 9.22. The maximum Gasteiger partial charge on any atom is 0.0136 e. The van der Waals surface area contributed by atoms with Crippen LogP contribution in [-0.4, -0.2) is 25.2 Å². The second kappa shape index (κ2) is 7.30. The fourth-order valence-electron chi connectivity index (χ4n) is 1.14. The van der Waals surface area contributed by atoms with Gasteiger partial charge in [-0.05, 0) is 39.2 Å². The molecule has 3 unspecified atom stereocenters. The van der Waals surface area contributed by atoms with E-state index < -0.39 is 0 Å². The number of hydrogen-bond acceptors (Lipinski definition) is 3. The van der Waals surface area contributed by atoms with E-state index in [4.69, 9.17) is 11.5 Å². The third-order valence-corrected chi connectivity index (χ3v) is 2.28. The number of hydrogen-bond donors (Lipinski definition) is 3. The van der Waals surface area contributed by atoms with Gasteiger partial charge < -0.3 is 16.8 Å².